The van der Waals surface area contributed by atoms with Crippen molar-refractivity contribution in [1.29, 1.82) is 0 Å². The van der Waals surface area contributed by atoms with Crippen molar-refractivity contribution in [1.82, 2.24) is 0 Å². The van der Waals surface area contributed by atoms with Gasteiger partial charge in [-0.2, -0.15) is 17.6 Å². The summed E-state index contributed by atoms with van der Waals surface area (Å²) in [5.41, 5.74) is 0.475. The van der Waals surface area contributed by atoms with Crippen LogP contribution in [0.5, 0.6) is 0 Å². The molecule has 0 heterocycles. The molecule has 20 heavy (non-hydrogen) atoms. The van der Waals surface area contributed by atoms with Gasteiger partial charge in [0.25, 0.3) is 0 Å². The minimum atomic E-state index is -4.02. The Bertz CT molecular complexity index is 434. The lowest BCUT2D eigenvalue weighted by Gasteiger charge is -2.25. The van der Waals surface area contributed by atoms with Crippen LogP contribution in [0, 0.1) is 0 Å². The van der Waals surface area contributed by atoms with Gasteiger partial charge in [0.05, 0.1) is 0 Å². The molecule has 1 aromatic rings. The smallest absolute Gasteiger partial charge is 0.282 e. The summed E-state index contributed by atoms with van der Waals surface area (Å²) in [6.45, 7) is 1.03. The van der Waals surface area contributed by atoms with E-state index in [1.165, 1.54) is 0 Å². The molecule has 0 bridgehead atoms. The summed E-state index contributed by atoms with van der Waals surface area (Å²) in [7, 11) is 0. The second-order valence-corrected chi connectivity index (χ2v) is 5.44. The second kappa shape index (κ2) is 7.11. The Morgan fingerprint density at radius 3 is 2.25 bits per heavy atom. The lowest BCUT2D eigenvalue weighted by Crippen LogP contribution is -2.39. The fourth-order valence-electron chi connectivity index (χ4n) is 1.56. The Balaban J connectivity index is 2.37. The maximum atomic E-state index is 13.2. The Hall–Kier alpha value is -1.04. The van der Waals surface area contributed by atoms with Crippen LogP contribution in [0.2, 0.25) is 0 Å². The fourth-order valence-corrected chi connectivity index (χ4v) is 2.33. The second-order valence-electron chi connectivity index (χ2n) is 4.37. The van der Waals surface area contributed by atoms with E-state index >= 15 is 0 Å². The van der Waals surface area contributed by atoms with Crippen LogP contribution in [0.3, 0.4) is 0 Å². The number of hydrogen-bond acceptors (Lipinski definition) is 2. The number of benzene rings is 1. The highest BCUT2D eigenvalue weighted by molar-refractivity contribution is 8.14. The third-order valence-corrected chi connectivity index (χ3v) is 3.85. The van der Waals surface area contributed by atoms with Crippen LogP contribution in [-0.2, 0) is 0 Å². The molecule has 0 aliphatic carbocycles. The number of alkyl halides is 4. The molecular formula is C14H16F4OS. The number of thioether (sulfide) groups is 1. The number of rotatable bonds is 7. The molecule has 0 fully saturated rings. The van der Waals surface area contributed by atoms with Gasteiger partial charge in [-0.05, 0) is 6.42 Å². The lowest BCUT2D eigenvalue weighted by molar-refractivity contribution is -0.212. The van der Waals surface area contributed by atoms with E-state index in [0.29, 0.717) is 5.56 Å². The molecule has 0 amide bonds. The predicted molar refractivity (Wildman–Crippen MR) is 72.6 cm³/mol. The summed E-state index contributed by atoms with van der Waals surface area (Å²) in [6.07, 6.45) is -1.94. The molecule has 0 aliphatic rings. The van der Waals surface area contributed by atoms with E-state index in [2.05, 4.69) is 0 Å². The highest BCUT2D eigenvalue weighted by Crippen LogP contribution is 2.40. The summed E-state index contributed by atoms with van der Waals surface area (Å²) in [6, 6.07) is 8.40. The molecule has 0 unspecified atom stereocenters. The topological polar surface area (TPSA) is 17.1 Å². The molecule has 0 aromatic heterocycles. The van der Waals surface area contributed by atoms with Gasteiger partial charge in [-0.15, -0.1) is 0 Å². The Labute approximate surface area is 119 Å². The third kappa shape index (κ3) is 4.51. The number of halogens is 4. The summed E-state index contributed by atoms with van der Waals surface area (Å²) in [5, 5.41) is -0.240. The Morgan fingerprint density at radius 1 is 1.10 bits per heavy atom. The van der Waals surface area contributed by atoms with Crippen molar-refractivity contribution in [2.24, 2.45) is 0 Å². The molecule has 1 aromatic carbocycles. The summed E-state index contributed by atoms with van der Waals surface area (Å²) in [5.74, 6) is -7.90. The van der Waals surface area contributed by atoms with Gasteiger partial charge in [0.2, 0.25) is 5.12 Å². The first-order valence-corrected chi connectivity index (χ1v) is 7.26. The first-order valence-electron chi connectivity index (χ1n) is 6.28. The van der Waals surface area contributed by atoms with E-state index < -0.39 is 24.7 Å². The van der Waals surface area contributed by atoms with Crippen LogP contribution in [0.4, 0.5) is 17.6 Å². The van der Waals surface area contributed by atoms with Crippen molar-refractivity contribution in [3.63, 3.8) is 0 Å². The van der Waals surface area contributed by atoms with Crippen LogP contribution in [0.1, 0.15) is 36.5 Å². The molecular weight excluding hydrogens is 292 g/mol. The van der Waals surface area contributed by atoms with Crippen molar-refractivity contribution < 1.29 is 22.4 Å². The third-order valence-electron chi connectivity index (χ3n) is 2.86. The number of carbonyl (C=O) groups is 1. The fraction of sp³-hybridized carbons (Fsp3) is 0.500. The number of hydrogen-bond donors (Lipinski definition) is 0. The molecule has 112 valence electrons. The quantitative estimate of drug-likeness (QED) is 0.519. The van der Waals surface area contributed by atoms with Crippen LogP contribution in [-0.4, -0.2) is 22.7 Å². The normalized spacial score (nSPS) is 12.4. The van der Waals surface area contributed by atoms with Gasteiger partial charge in [-0.25, -0.2) is 0 Å². The first-order chi connectivity index (χ1) is 9.30. The van der Waals surface area contributed by atoms with E-state index in [0.717, 1.165) is 18.7 Å². The average Bonchev–Trinajstić information content (AvgIpc) is 2.44. The molecule has 0 spiro atoms. The van der Waals surface area contributed by atoms with Gasteiger partial charge >= 0.3 is 11.8 Å². The highest BCUT2D eigenvalue weighted by Gasteiger charge is 2.53. The van der Waals surface area contributed by atoms with Crippen molar-refractivity contribution >= 4 is 16.9 Å². The Morgan fingerprint density at radius 2 is 1.70 bits per heavy atom. The van der Waals surface area contributed by atoms with Gasteiger partial charge in [0, 0.05) is 24.2 Å². The molecule has 0 atom stereocenters. The minimum Gasteiger partial charge on any atom is -0.282 e. The van der Waals surface area contributed by atoms with Crippen molar-refractivity contribution in [3.8, 4) is 0 Å². The van der Waals surface area contributed by atoms with Crippen molar-refractivity contribution in [2.75, 3.05) is 5.75 Å². The monoisotopic (exact) mass is 308 g/mol. The van der Waals surface area contributed by atoms with Crippen molar-refractivity contribution in [3.05, 3.63) is 35.9 Å². The molecule has 1 rings (SSSR count). The minimum absolute atomic E-state index is 0.100. The molecule has 0 saturated heterocycles. The standard InChI is InChI=1S/C14H16F4OS/c1-2-13(15,16)14(17,18)9-6-10-20-12(19)11-7-4-3-5-8-11/h3-5,7-8H,2,6,9-10H2,1H3. The lowest BCUT2D eigenvalue weighted by atomic mass is 10.0. The van der Waals surface area contributed by atoms with Gasteiger partial charge in [-0.3, -0.25) is 4.79 Å². The van der Waals surface area contributed by atoms with Crippen LogP contribution in [0.15, 0.2) is 30.3 Å². The number of carbonyl (C=O) groups excluding carboxylic acids is 1. The van der Waals surface area contributed by atoms with Gasteiger partial charge in [0.1, 0.15) is 0 Å². The van der Waals surface area contributed by atoms with Crippen LogP contribution < -0.4 is 0 Å². The zero-order valence-corrected chi connectivity index (χ0v) is 11.9. The first kappa shape index (κ1) is 17.0. The average molecular weight is 308 g/mol. The maximum Gasteiger partial charge on any atom is 0.310 e. The Kier molecular flexibility index (Phi) is 6.05. The summed E-state index contributed by atoms with van der Waals surface area (Å²) >= 11 is 0.871. The van der Waals surface area contributed by atoms with Crippen molar-refractivity contribution in [2.45, 2.75) is 38.0 Å². The molecule has 0 N–H and O–H groups in total. The van der Waals surface area contributed by atoms with Gasteiger partial charge < -0.3 is 0 Å². The van der Waals surface area contributed by atoms with Crippen LogP contribution in [0.25, 0.3) is 0 Å². The zero-order chi connectivity index (χ0) is 15.2. The molecule has 0 radical (unpaired) electrons. The van der Waals surface area contributed by atoms with E-state index in [4.69, 9.17) is 0 Å². The van der Waals surface area contributed by atoms with E-state index in [9.17, 15) is 22.4 Å². The predicted octanol–water partition coefficient (Wildman–Crippen LogP) is 5.02. The largest absolute Gasteiger partial charge is 0.310 e. The van der Waals surface area contributed by atoms with E-state index in [-0.39, 0.29) is 17.3 Å². The maximum absolute atomic E-state index is 13.2. The van der Waals surface area contributed by atoms with Gasteiger partial charge in [0.15, 0.2) is 0 Å². The SMILES string of the molecule is CCC(F)(F)C(F)(F)CCCSC(=O)c1ccccc1. The zero-order valence-electron chi connectivity index (χ0n) is 11.0. The van der Waals surface area contributed by atoms with Crippen LogP contribution >= 0.6 is 11.8 Å². The van der Waals surface area contributed by atoms with E-state index in [1.54, 1.807) is 30.3 Å². The molecule has 1 nitrogen and oxygen atoms in total. The summed E-state index contributed by atoms with van der Waals surface area (Å²) in [4.78, 5) is 11.6. The highest BCUT2D eigenvalue weighted by atomic mass is 32.2. The molecule has 0 aliphatic heterocycles. The molecule has 0 saturated carbocycles. The van der Waals surface area contributed by atoms with Gasteiger partial charge in [-0.1, -0.05) is 49.0 Å². The summed E-state index contributed by atoms with van der Waals surface area (Å²) < 4.78 is 52.3. The molecule has 6 heteroatoms. The van der Waals surface area contributed by atoms with E-state index in [1.807, 2.05) is 0 Å².